The summed E-state index contributed by atoms with van der Waals surface area (Å²) >= 11 is 0. The second-order valence-electron chi connectivity index (χ2n) is 5.18. The molecular weight excluding hydrogens is 262 g/mol. The molecule has 1 aromatic heterocycles. The molecule has 0 spiro atoms. The van der Waals surface area contributed by atoms with Gasteiger partial charge in [0.25, 0.3) is 0 Å². The molecule has 114 valence electrons. The number of nitrogens with zero attached hydrogens (tertiary/aromatic N) is 2. The molecule has 1 atom stereocenters. The van der Waals surface area contributed by atoms with Crippen molar-refractivity contribution in [2.75, 3.05) is 13.2 Å². The third-order valence-electron chi connectivity index (χ3n) is 3.37. The zero-order valence-electron chi connectivity index (χ0n) is 13.0. The lowest BCUT2D eigenvalue weighted by molar-refractivity contribution is 0.263. The van der Waals surface area contributed by atoms with Gasteiger partial charge in [0.1, 0.15) is 12.4 Å². The van der Waals surface area contributed by atoms with Crippen LogP contribution in [0, 0.1) is 0 Å². The Morgan fingerprint density at radius 1 is 1.24 bits per heavy atom. The van der Waals surface area contributed by atoms with Crippen LogP contribution in [0.15, 0.2) is 42.7 Å². The van der Waals surface area contributed by atoms with Crippen molar-refractivity contribution in [3.63, 3.8) is 0 Å². The van der Waals surface area contributed by atoms with E-state index in [0.717, 1.165) is 31.7 Å². The smallest absolute Gasteiger partial charge is 0.119 e. The van der Waals surface area contributed by atoms with Gasteiger partial charge in [-0.2, -0.15) is 5.10 Å². The fourth-order valence-electron chi connectivity index (χ4n) is 2.22. The summed E-state index contributed by atoms with van der Waals surface area (Å²) in [6.07, 6.45) is 6.12. The number of benzene rings is 1. The summed E-state index contributed by atoms with van der Waals surface area (Å²) in [7, 11) is 0. The first kappa shape index (κ1) is 15.6. The van der Waals surface area contributed by atoms with Crippen molar-refractivity contribution < 1.29 is 4.74 Å². The molecule has 0 saturated heterocycles. The Labute approximate surface area is 127 Å². The largest absolute Gasteiger partial charge is 0.492 e. The highest BCUT2D eigenvalue weighted by Gasteiger charge is 2.11. The number of rotatable bonds is 9. The zero-order chi connectivity index (χ0) is 14.9. The minimum atomic E-state index is 0.305. The van der Waals surface area contributed by atoms with E-state index < -0.39 is 0 Å². The topological polar surface area (TPSA) is 39.1 Å². The maximum atomic E-state index is 5.88. The fraction of sp³-hybridized carbons (Fsp3) is 0.471. The molecule has 1 aromatic carbocycles. The quantitative estimate of drug-likeness (QED) is 0.771. The third kappa shape index (κ3) is 5.23. The molecule has 1 heterocycles. The number of nitrogens with one attached hydrogen (secondary N) is 1. The summed E-state index contributed by atoms with van der Waals surface area (Å²) in [6, 6.07) is 10.3. The van der Waals surface area contributed by atoms with Gasteiger partial charge in [-0.15, -0.1) is 0 Å². The Morgan fingerprint density at radius 2 is 2.05 bits per heavy atom. The van der Waals surface area contributed by atoms with E-state index in [1.165, 1.54) is 5.56 Å². The van der Waals surface area contributed by atoms with E-state index in [0.29, 0.717) is 12.6 Å². The molecule has 0 amide bonds. The monoisotopic (exact) mass is 287 g/mol. The third-order valence-corrected chi connectivity index (χ3v) is 3.37. The molecule has 0 aliphatic rings. The SMILES string of the molecule is CCCNC(COc1ccccc1)Cc1cnn(CC)c1. The highest BCUT2D eigenvalue weighted by Crippen LogP contribution is 2.10. The van der Waals surface area contributed by atoms with Crippen molar-refractivity contribution in [3.05, 3.63) is 48.3 Å². The molecule has 2 aromatic rings. The predicted molar refractivity (Wildman–Crippen MR) is 85.6 cm³/mol. The van der Waals surface area contributed by atoms with Crippen LogP contribution >= 0.6 is 0 Å². The number of aryl methyl sites for hydroxylation is 1. The van der Waals surface area contributed by atoms with Crippen molar-refractivity contribution in [1.82, 2.24) is 15.1 Å². The summed E-state index contributed by atoms with van der Waals surface area (Å²) in [4.78, 5) is 0. The van der Waals surface area contributed by atoms with Crippen LogP contribution in [-0.2, 0) is 13.0 Å². The highest BCUT2D eigenvalue weighted by atomic mass is 16.5. The van der Waals surface area contributed by atoms with Gasteiger partial charge in [0, 0.05) is 18.8 Å². The van der Waals surface area contributed by atoms with Crippen LogP contribution in [0.25, 0.3) is 0 Å². The minimum Gasteiger partial charge on any atom is -0.492 e. The van der Waals surface area contributed by atoms with E-state index >= 15 is 0 Å². The van der Waals surface area contributed by atoms with Crippen LogP contribution in [0.3, 0.4) is 0 Å². The van der Waals surface area contributed by atoms with Gasteiger partial charge in [-0.3, -0.25) is 4.68 Å². The van der Waals surface area contributed by atoms with E-state index in [4.69, 9.17) is 4.74 Å². The lowest BCUT2D eigenvalue weighted by atomic mass is 10.1. The van der Waals surface area contributed by atoms with E-state index in [-0.39, 0.29) is 0 Å². The van der Waals surface area contributed by atoms with Gasteiger partial charge >= 0.3 is 0 Å². The van der Waals surface area contributed by atoms with Crippen LogP contribution in [0.1, 0.15) is 25.8 Å². The molecule has 0 saturated carbocycles. The Hall–Kier alpha value is -1.81. The second kappa shape index (κ2) is 8.47. The predicted octanol–water partition coefficient (Wildman–Crippen LogP) is 2.89. The minimum absolute atomic E-state index is 0.305. The van der Waals surface area contributed by atoms with Gasteiger partial charge in [0.2, 0.25) is 0 Å². The molecule has 1 N–H and O–H groups in total. The van der Waals surface area contributed by atoms with Crippen LogP contribution < -0.4 is 10.1 Å². The maximum absolute atomic E-state index is 5.88. The van der Waals surface area contributed by atoms with E-state index in [9.17, 15) is 0 Å². The van der Waals surface area contributed by atoms with E-state index in [2.05, 4.69) is 30.5 Å². The lowest BCUT2D eigenvalue weighted by Gasteiger charge is -2.18. The average molecular weight is 287 g/mol. The molecular formula is C17H25N3O. The summed E-state index contributed by atoms with van der Waals surface area (Å²) in [5.74, 6) is 0.921. The molecule has 0 radical (unpaired) electrons. The van der Waals surface area contributed by atoms with Crippen LogP contribution in [-0.4, -0.2) is 29.0 Å². The molecule has 0 bridgehead atoms. The summed E-state index contributed by atoms with van der Waals surface area (Å²) in [6.45, 7) is 6.86. The molecule has 1 unspecified atom stereocenters. The Balaban J connectivity index is 1.90. The molecule has 21 heavy (non-hydrogen) atoms. The number of ether oxygens (including phenoxy) is 1. The molecule has 0 aliphatic heterocycles. The first-order chi connectivity index (χ1) is 10.3. The standard InChI is InChI=1S/C17H25N3O/c1-3-10-18-16(11-15-12-19-20(4-2)13-15)14-21-17-8-6-5-7-9-17/h5-9,12-13,16,18H,3-4,10-11,14H2,1-2H3. The van der Waals surface area contributed by atoms with Crippen molar-refractivity contribution in [3.8, 4) is 5.75 Å². The van der Waals surface area contributed by atoms with E-state index in [1.807, 2.05) is 41.2 Å². The number of aromatic nitrogens is 2. The highest BCUT2D eigenvalue weighted by molar-refractivity contribution is 5.21. The number of para-hydroxylation sites is 1. The molecule has 0 aliphatic carbocycles. The number of hydrogen-bond acceptors (Lipinski definition) is 3. The molecule has 4 heteroatoms. The van der Waals surface area contributed by atoms with Crippen molar-refractivity contribution in [2.45, 2.75) is 39.3 Å². The maximum Gasteiger partial charge on any atom is 0.119 e. The van der Waals surface area contributed by atoms with Gasteiger partial charge < -0.3 is 10.1 Å². The lowest BCUT2D eigenvalue weighted by Crippen LogP contribution is -2.37. The average Bonchev–Trinajstić information content (AvgIpc) is 2.98. The Bertz CT molecular complexity index is 510. The molecule has 0 fully saturated rings. The summed E-state index contributed by atoms with van der Waals surface area (Å²) < 4.78 is 7.84. The van der Waals surface area contributed by atoms with Crippen LogP contribution in [0.4, 0.5) is 0 Å². The first-order valence-corrected chi connectivity index (χ1v) is 7.74. The zero-order valence-corrected chi connectivity index (χ0v) is 13.0. The Kier molecular flexibility index (Phi) is 6.28. The van der Waals surface area contributed by atoms with Crippen LogP contribution in [0.5, 0.6) is 5.75 Å². The van der Waals surface area contributed by atoms with Crippen LogP contribution in [0.2, 0.25) is 0 Å². The summed E-state index contributed by atoms with van der Waals surface area (Å²) in [5.41, 5.74) is 1.25. The van der Waals surface area contributed by atoms with Gasteiger partial charge in [-0.1, -0.05) is 25.1 Å². The van der Waals surface area contributed by atoms with Crippen molar-refractivity contribution >= 4 is 0 Å². The van der Waals surface area contributed by atoms with Crippen molar-refractivity contribution in [1.29, 1.82) is 0 Å². The molecule has 2 rings (SSSR count). The fourth-order valence-corrected chi connectivity index (χ4v) is 2.22. The normalized spacial score (nSPS) is 12.3. The van der Waals surface area contributed by atoms with Gasteiger partial charge in [-0.25, -0.2) is 0 Å². The number of hydrogen-bond donors (Lipinski definition) is 1. The Morgan fingerprint density at radius 3 is 2.71 bits per heavy atom. The van der Waals surface area contributed by atoms with Gasteiger partial charge in [-0.05, 0) is 44.0 Å². The second-order valence-corrected chi connectivity index (χ2v) is 5.18. The molecule has 4 nitrogen and oxygen atoms in total. The first-order valence-electron chi connectivity index (χ1n) is 7.74. The van der Waals surface area contributed by atoms with E-state index in [1.54, 1.807) is 0 Å². The summed E-state index contributed by atoms with van der Waals surface area (Å²) in [5, 5.41) is 7.89. The van der Waals surface area contributed by atoms with Crippen molar-refractivity contribution in [2.24, 2.45) is 0 Å². The van der Waals surface area contributed by atoms with Gasteiger partial charge in [0.15, 0.2) is 0 Å². The van der Waals surface area contributed by atoms with Gasteiger partial charge in [0.05, 0.1) is 6.20 Å².